The zero-order chi connectivity index (χ0) is 16.6. The van der Waals surface area contributed by atoms with Gasteiger partial charge in [-0.3, -0.25) is 0 Å². The minimum absolute atomic E-state index is 0.0721. The van der Waals surface area contributed by atoms with Crippen LogP contribution in [0.15, 0.2) is 34.4 Å². The Bertz CT molecular complexity index is 596. The van der Waals surface area contributed by atoms with E-state index in [0.29, 0.717) is 6.10 Å². The van der Waals surface area contributed by atoms with Crippen LogP contribution in [0, 0.1) is 0 Å². The van der Waals surface area contributed by atoms with Crippen LogP contribution in [0.25, 0.3) is 0 Å². The zero-order valence-corrected chi connectivity index (χ0v) is 14.8. The first-order chi connectivity index (χ1) is 10.9. The molecule has 3 rings (SSSR count). The molecule has 0 aromatic heterocycles. The molecule has 0 radical (unpaired) electrons. The summed E-state index contributed by atoms with van der Waals surface area (Å²) in [5.74, 6) is -0.155. The fourth-order valence-electron chi connectivity index (χ4n) is 3.70. The number of fused-ring (bicyclic) bond motifs is 2. The van der Waals surface area contributed by atoms with Crippen LogP contribution >= 0.6 is 0 Å². The van der Waals surface area contributed by atoms with Crippen molar-refractivity contribution in [2.75, 3.05) is 0 Å². The summed E-state index contributed by atoms with van der Waals surface area (Å²) in [5.41, 5.74) is 4.71. The Kier molecular flexibility index (Phi) is 4.50. The average molecular weight is 316 g/mol. The highest BCUT2D eigenvalue weighted by atomic mass is 16.6. The van der Waals surface area contributed by atoms with Crippen LogP contribution in [0.2, 0.25) is 0 Å². The molecule has 3 atom stereocenters. The highest BCUT2D eigenvalue weighted by molar-refractivity contribution is 5.92. The molecule has 0 spiro atoms. The van der Waals surface area contributed by atoms with Gasteiger partial charge < -0.3 is 9.47 Å². The third-order valence-electron chi connectivity index (χ3n) is 5.56. The zero-order valence-electron chi connectivity index (χ0n) is 14.8. The van der Waals surface area contributed by atoms with Gasteiger partial charge in [0.1, 0.15) is 6.10 Å². The smallest absolute Gasteiger partial charge is 0.334 e. The maximum absolute atomic E-state index is 11.9. The molecule has 0 amide bonds. The third-order valence-corrected chi connectivity index (χ3v) is 5.56. The van der Waals surface area contributed by atoms with Crippen molar-refractivity contribution in [2.24, 2.45) is 0 Å². The van der Waals surface area contributed by atoms with Gasteiger partial charge in [0, 0.05) is 5.57 Å². The fraction of sp³-hybridized carbons (Fsp3) is 0.650. The Balaban J connectivity index is 1.80. The number of carbonyl (C=O) groups is 1. The number of rotatable bonds is 0. The monoisotopic (exact) mass is 316 g/mol. The molecule has 0 unspecified atom stereocenters. The maximum atomic E-state index is 11.9. The SMILES string of the molecule is CC1=C2CC/C(C)=C\CC[C@]3(C)O[C@H]3CC/C(C)=C/[C@@H]2OC1=O. The number of hydrogen-bond donors (Lipinski definition) is 0. The van der Waals surface area contributed by atoms with E-state index in [2.05, 4.69) is 32.9 Å². The minimum Gasteiger partial charge on any atom is -0.450 e. The lowest BCUT2D eigenvalue weighted by atomic mass is 9.93. The molecule has 3 aliphatic rings. The number of carbonyl (C=O) groups excluding carboxylic acids is 1. The first-order valence-corrected chi connectivity index (χ1v) is 8.80. The number of hydrogen-bond acceptors (Lipinski definition) is 3. The van der Waals surface area contributed by atoms with E-state index in [1.807, 2.05) is 6.92 Å². The third kappa shape index (κ3) is 3.60. The van der Waals surface area contributed by atoms with E-state index >= 15 is 0 Å². The van der Waals surface area contributed by atoms with Crippen molar-refractivity contribution >= 4 is 5.97 Å². The molecular weight excluding hydrogens is 288 g/mol. The van der Waals surface area contributed by atoms with Gasteiger partial charge in [0.15, 0.2) is 0 Å². The van der Waals surface area contributed by atoms with Gasteiger partial charge in [-0.2, -0.15) is 0 Å². The topological polar surface area (TPSA) is 38.8 Å². The summed E-state index contributed by atoms with van der Waals surface area (Å²) in [7, 11) is 0. The van der Waals surface area contributed by atoms with Crippen molar-refractivity contribution in [3.63, 3.8) is 0 Å². The molecule has 0 N–H and O–H groups in total. The number of esters is 1. The molecule has 0 aromatic rings. The second-order valence-corrected chi connectivity index (χ2v) is 7.54. The van der Waals surface area contributed by atoms with Gasteiger partial charge in [0.25, 0.3) is 0 Å². The average Bonchev–Trinajstić information content (AvgIpc) is 3.06. The number of allylic oxidation sites excluding steroid dienone is 3. The Labute approximate surface area is 139 Å². The van der Waals surface area contributed by atoms with E-state index < -0.39 is 0 Å². The van der Waals surface area contributed by atoms with Gasteiger partial charge in [0.05, 0.1) is 11.7 Å². The molecule has 126 valence electrons. The molecule has 1 fully saturated rings. The first-order valence-electron chi connectivity index (χ1n) is 8.80. The second kappa shape index (κ2) is 6.27. The second-order valence-electron chi connectivity index (χ2n) is 7.54. The lowest BCUT2D eigenvalue weighted by molar-refractivity contribution is -0.138. The van der Waals surface area contributed by atoms with Crippen molar-refractivity contribution in [2.45, 2.75) is 84.0 Å². The summed E-state index contributed by atoms with van der Waals surface area (Å²) in [5, 5.41) is 0. The highest BCUT2D eigenvalue weighted by Crippen LogP contribution is 2.44. The predicted molar refractivity (Wildman–Crippen MR) is 91.1 cm³/mol. The van der Waals surface area contributed by atoms with Crippen molar-refractivity contribution in [1.82, 2.24) is 0 Å². The number of ether oxygens (including phenoxy) is 2. The van der Waals surface area contributed by atoms with E-state index in [1.165, 1.54) is 11.1 Å². The maximum Gasteiger partial charge on any atom is 0.334 e. The van der Waals surface area contributed by atoms with Crippen LogP contribution < -0.4 is 0 Å². The van der Waals surface area contributed by atoms with Gasteiger partial charge in [-0.25, -0.2) is 4.79 Å². The highest BCUT2D eigenvalue weighted by Gasteiger charge is 2.50. The molecular formula is C20H28O3. The quantitative estimate of drug-likeness (QED) is 0.371. The normalized spacial score (nSPS) is 40.1. The van der Waals surface area contributed by atoms with Crippen LogP contribution in [0.1, 0.15) is 66.2 Å². The van der Waals surface area contributed by atoms with Crippen LogP contribution in [-0.4, -0.2) is 23.8 Å². The summed E-state index contributed by atoms with van der Waals surface area (Å²) in [6, 6.07) is 0. The summed E-state index contributed by atoms with van der Waals surface area (Å²) in [4.78, 5) is 11.9. The first kappa shape index (κ1) is 16.5. The summed E-state index contributed by atoms with van der Waals surface area (Å²) >= 11 is 0. The molecule has 2 aliphatic heterocycles. The van der Waals surface area contributed by atoms with E-state index in [0.717, 1.165) is 49.7 Å². The van der Waals surface area contributed by atoms with E-state index in [4.69, 9.17) is 9.47 Å². The largest absolute Gasteiger partial charge is 0.450 e. The molecule has 0 aromatic carbocycles. The number of epoxide rings is 1. The molecule has 0 bridgehead atoms. The van der Waals surface area contributed by atoms with Crippen molar-refractivity contribution in [1.29, 1.82) is 0 Å². The van der Waals surface area contributed by atoms with Crippen LogP contribution in [-0.2, 0) is 14.3 Å². The van der Waals surface area contributed by atoms with Crippen molar-refractivity contribution in [3.8, 4) is 0 Å². The minimum atomic E-state index is -0.162. The Morgan fingerprint density at radius 3 is 2.70 bits per heavy atom. The van der Waals surface area contributed by atoms with Gasteiger partial charge in [-0.1, -0.05) is 17.2 Å². The van der Waals surface area contributed by atoms with Crippen LogP contribution in [0.4, 0.5) is 0 Å². The lowest BCUT2D eigenvalue weighted by Gasteiger charge is -2.13. The Morgan fingerprint density at radius 1 is 1.13 bits per heavy atom. The molecule has 23 heavy (non-hydrogen) atoms. The lowest BCUT2D eigenvalue weighted by Crippen LogP contribution is -2.11. The Morgan fingerprint density at radius 2 is 1.91 bits per heavy atom. The molecule has 2 heterocycles. The predicted octanol–water partition coefficient (Wildman–Crippen LogP) is 4.63. The summed E-state index contributed by atoms with van der Waals surface area (Å²) < 4.78 is 11.5. The van der Waals surface area contributed by atoms with Crippen molar-refractivity contribution < 1.29 is 14.3 Å². The fourth-order valence-corrected chi connectivity index (χ4v) is 3.70. The van der Waals surface area contributed by atoms with Gasteiger partial charge in [-0.05, 0) is 77.9 Å². The van der Waals surface area contributed by atoms with Crippen molar-refractivity contribution in [3.05, 3.63) is 34.4 Å². The molecule has 3 heteroatoms. The van der Waals surface area contributed by atoms with Gasteiger partial charge in [-0.15, -0.1) is 0 Å². The van der Waals surface area contributed by atoms with E-state index in [-0.39, 0.29) is 17.7 Å². The summed E-state index contributed by atoms with van der Waals surface area (Å²) in [6.45, 7) is 8.44. The van der Waals surface area contributed by atoms with Crippen LogP contribution in [0.5, 0.6) is 0 Å². The van der Waals surface area contributed by atoms with Gasteiger partial charge in [0.2, 0.25) is 0 Å². The molecule has 1 saturated heterocycles. The molecule has 0 saturated carbocycles. The molecule has 1 aliphatic carbocycles. The summed E-state index contributed by atoms with van der Waals surface area (Å²) in [6.07, 6.45) is 10.8. The van der Waals surface area contributed by atoms with E-state index in [9.17, 15) is 4.79 Å². The standard InChI is InChI=1S/C20H28O3/c1-13-6-5-11-20(4)18(23-20)10-8-14(2)12-17-16(9-7-13)15(3)19(21)22-17/h6,12,17-18H,5,7-11H2,1-4H3/b13-6-,14-12+/t17-,18-,20-/m0/s1. The van der Waals surface area contributed by atoms with Gasteiger partial charge >= 0.3 is 5.97 Å². The molecule has 3 nitrogen and oxygen atoms in total. The Hall–Kier alpha value is -1.35. The van der Waals surface area contributed by atoms with Crippen LogP contribution in [0.3, 0.4) is 0 Å². The van der Waals surface area contributed by atoms with E-state index in [1.54, 1.807) is 0 Å².